The number of ketones is 1. The molecule has 2 saturated carbocycles. The number of carbonyl (C=O) groups excluding carboxylic acids is 6. The monoisotopic (exact) mass is 631 g/mol. The highest BCUT2D eigenvalue weighted by atomic mass is 35.5. The first kappa shape index (κ1) is 33.9. The third kappa shape index (κ3) is 7.67. The van der Waals surface area contributed by atoms with Crippen LogP contribution >= 0.6 is 23.2 Å². The number of halogens is 2. The molecule has 14 heteroatoms. The minimum atomic E-state index is -1.18. The van der Waals surface area contributed by atoms with Crippen LogP contribution in [0.2, 0.25) is 0 Å². The van der Waals surface area contributed by atoms with E-state index in [0.29, 0.717) is 19.3 Å². The summed E-state index contributed by atoms with van der Waals surface area (Å²) in [5, 5.41) is 8.10. The number of likely N-dealkylation sites (tertiary alicyclic amines) is 1. The van der Waals surface area contributed by atoms with E-state index in [2.05, 4.69) is 16.0 Å². The molecule has 0 radical (unpaired) electrons. The van der Waals surface area contributed by atoms with E-state index < -0.39 is 75.3 Å². The summed E-state index contributed by atoms with van der Waals surface area (Å²) in [5.41, 5.74) is 3.27. The maximum absolute atomic E-state index is 14.1. The molecule has 0 aromatic carbocycles. The molecule has 12 nitrogen and oxygen atoms in total. The van der Waals surface area contributed by atoms with Crippen LogP contribution in [0.4, 0.5) is 4.79 Å². The number of rotatable bonds is 11. The molecule has 3 rings (SSSR count). The second-order valence-electron chi connectivity index (χ2n) is 12.8. The van der Waals surface area contributed by atoms with Crippen molar-refractivity contribution in [3.05, 3.63) is 0 Å². The summed E-state index contributed by atoms with van der Waals surface area (Å²) in [5.74, 6) is -4.34. The van der Waals surface area contributed by atoms with Gasteiger partial charge in [0.05, 0.1) is 13.2 Å². The topological polar surface area (TPSA) is 177 Å². The van der Waals surface area contributed by atoms with Crippen molar-refractivity contribution in [3.63, 3.8) is 0 Å². The second kappa shape index (κ2) is 13.8. The summed E-state index contributed by atoms with van der Waals surface area (Å²) >= 11 is 12.5. The van der Waals surface area contributed by atoms with Gasteiger partial charge in [-0.1, -0.05) is 52.9 Å². The average Bonchev–Trinajstić information content (AvgIpc) is 3.55. The fourth-order valence-corrected chi connectivity index (χ4v) is 6.67. The summed E-state index contributed by atoms with van der Waals surface area (Å²) in [6, 6.07) is -4.11. The van der Waals surface area contributed by atoms with Crippen molar-refractivity contribution in [2.24, 2.45) is 23.0 Å². The number of urea groups is 1. The third-order valence-electron chi connectivity index (χ3n) is 8.76. The Morgan fingerprint density at radius 3 is 2.10 bits per heavy atom. The van der Waals surface area contributed by atoms with Crippen LogP contribution in [-0.2, 0) is 28.7 Å². The zero-order chi connectivity index (χ0) is 31.4. The predicted molar refractivity (Wildman–Crippen MR) is 155 cm³/mol. The highest BCUT2D eigenvalue weighted by molar-refractivity contribution is 6.44. The van der Waals surface area contributed by atoms with E-state index in [0.717, 1.165) is 32.1 Å². The van der Waals surface area contributed by atoms with Gasteiger partial charge in [0.2, 0.25) is 17.6 Å². The first-order valence-corrected chi connectivity index (χ1v) is 15.4. The number of Topliss-reactive ketones (excluding diaryl/α,β-unsaturated/α-hetero) is 1. The van der Waals surface area contributed by atoms with E-state index >= 15 is 0 Å². The molecule has 5 amide bonds. The minimum absolute atomic E-state index is 0.122. The molecule has 2 unspecified atom stereocenters. The number of hydrogen-bond donors (Lipinski definition) is 4. The van der Waals surface area contributed by atoms with E-state index in [-0.39, 0.29) is 18.9 Å². The summed E-state index contributed by atoms with van der Waals surface area (Å²) in [7, 11) is 1.26. The zero-order valence-electron chi connectivity index (χ0n) is 24.7. The van der Waals surface area contributed by atoms with Crippen molar-refractivity contribution >= 4 is 58.7 Å². The molecule has 0 spiro atoms. The summed E-state index contributed by atoms with van der Waals surface area (Å²) in [4.78, 5) is 78.1. The van der Waals surface area contributed by atoms with Gasteiger partial charge in [0.15, 0.2) is 0 Å². The van der Waals surface area contributed by atoms with Crippen LogP contribution in [0.3, 0.4) is 0 Å². The quantitative estimate of drug-likeness (QED) is 0.153. The van der Waals surface area contributed by atoms with Crippen molar-refractivity contribution in [2.45, 2.75) is 107 Å². The van der Waals surface area contributed by atoms with E-state index in [9.17, 15) is 28.8 Å². The lowest BCUT2D eigenvalue weighted by molar-refractivity contribution is -0.148. The Kier molecular flexibility index (Phi) is 11.1. The number of nitrogens with one attached hydrogen (secondary N) is 3. The maximum Gasteiger partial charge on any atom is 0.331 e. The van der Waals surface area contributed by atoms with Crippen LogP contribution in [0.5, 0.6) is 0 Å². The highest BCUT2D eigenvalue weighted by Crippen LogP contribution is 2.36. The molecule has 0 bridgehead atoms. The number of methoxy groups -OCH3 is 1. The Balaban J connectivity index is 1.83. The Hall–Kier alpha value is -2.60. The van der Waals surface area contributed by atoms with Crippen LogP contribution in [0.25, 0.3) is 0 Å². The maximum atomic E-state index is 14.1. The van der Waals surface area contributed by atoms with Gasteiger partial charge >= 0.3 is 12.0 Å². The van der Waals surface area contributed by atoms with Crippen LogP contribution in [0.15, 0.2) is 0 Å². The SMILES string of the molecule is COC(=O)C1(NC(=O)N[C@H](C(=O)N2CCC(C(Cl)Cl)[C@H]2C(=O)NC(CC2CCC2)C(=O)C(N)=O)C(C)(C)C)CCCC1. The molecule has 1 heterocycles. The van der Waals surface area contributed by atoms with E-state index in [1.165, 1.54) is 12.0 Å². The molecule has 1 saturated heterocycles. The summed E-state index contributed by atoms with van der Waals surface area (Å²) in [6.07, 6.45) is 5.61. The molecule has 3 fully saturated rings. The lowest BCUT2D eigenvalue weighted by atomic mass is 9.80. The molecule has 236 valence electrons. The predicted octanol–water partition coefficient (Wildman–Crippen LogP) is 1.94. The van der Waals surface area contributed by atoms with E-state index in [1.54, 1.807) is 20.8 Å². The minimum Gasteiger partial charge on any atom is -0.467 e. The molecule has 4 atom stereocenters. The van der Waals surface area contributed by atoms with Gasteiger partial charge in [0.25, 0.3) is 5.91 Å². The lowest BCUT2D eigenvalue weighted by Gasteiger charge is -2.37. The number of nitrogens with zero attached hydrogens (tertiary/aromatic N) is 1. The molecule has 0 aromatic heterocycles. The average molecular weight is 633 g/mol. The summed E-state index contributed by atoms with van der Waals surface area (Å²) < 4.78 is 4.93. The largest absolute Gasteiger partial charge is 0.467 e. The number of primary amides is 1. The van der Waals surface area contributed by atoms with Crippen LogP contribution in [-0.4, -0.2) is 82.6 Å². The molecule has 42 heavy (non-hydrogen) atoms. The summed E-state index contributed by atoms with van der Waals surface area (Å²) in [6.45, 7) is 5.40. The fourth-order valence-electron chi connectivity index (χ4n) is 6.14. The number of ether oxygens (including phenoxy) is 1. The van der Waals surface area contributed by atoms with Gasteiger partial charge in [-0.25, -0.2) is 9.59 Å². The zero-order valence-corrected chi connectivity index (χ0v) is 26.2. The molecule has 1 aliphatic heterocycles. The fraction of sp³-hybridized carbons (Fsp3) is 0.786. The number of nitrogens with two attached hydrogens (primary N) is 1. The van der Waals surface area contributed by atoms with Crippen molar-refractivity contribution < 1.29 is 33.5 Å². The molecular weight excluding hydrogens is 589 g/mol. The van der Waals surface area contributed by atoms with Crippen molar-refractivity contribution in [2.75, 3.05) is 13.7 Å². The number of alkyl halides is 2. The Morgan fingerprint density at radius 2 is 1.62 bits per heavy atom. The Bertz CT molecular complexity index is 1070. The number of hydrogen-bond acceptors (Lipinski definition) is 7. The molecule has 0 aromatic rings. The first-order chi connectivity index (χ1) is 19.6. The van der Waals surface area contributed by atoms with Crippen molar-refractivity contribution in [1.82, 2.24) is 20.9 Å². The first-order valence-electron chi connectivity index (χ1n) is 14.5. The van der Waals surface area contributed by atoms with Gasteiger partial charge in [0, 0.05) is 12.5 Å². The van der Waals surface area contributed by atoms with Gasteiger partial charge in [0.1, 0.15) is 22.5 Å². The molecule has 3 aliphatic rings. The molecule has 5 N–H and O–H groups in total. The highest BCUT2D eigenvalue weighted by Gasteiger charge is 2.50. The standard InChI is InChI=1S/C28H43Cl2N5O7/c1-27(2,3)20(33-26(41)34-28(25(40)42-4)11-5-6-12-28)24(39)35-13-10-16(21(29)30)18(35)23(38)32-17(19(36)22(31)37)14-15-8-7-9-15/h15-18,20-21H,5-14H2,1-4H3,(H2,31,37)(H,32,38)(H2,33,34,41)/t16?,17?,18-,20+/m0/s1. The molecule has 2 aliphatic carbocycles. The van der Waals surface area contributed by atoms with Gasteiger partial charge in [-0.3, -0.25) is 19.2 Å². The smallest absolute Gasteiger partial charge is 0.331 e. The van der Waals surface area contributed by atoms with Crippen LogP contribution in [0, 0.1) is 17.3 Å². The van der Waals surface area contributed by atoms with Gasteiger partial charge in [-0.15, -0.1) is 23.2 Å². The van der Waals surface area contributed by atoms with Gasteiger partial charge in [-0.2, -0.15) is 0 Å². The van der Waals surface area contributed by atoms with Crippen molar-refractivity contribution in [1.29, 1.82) is 0 Å². The van der Waals surface area contributed by atoms with Crippen LogP contribution < -0.4 is 21.7 Å². The molecular formula is C28H43Cl2N5O7. The Morgan fingerprint density at radius 1 is 1.00 bits per heavy atom. The van der Waals surface area contributed by atoms with Crippen LogP contribution in [0.1, 0.15) is 78.6 Å². The van der Waals surface area contributed by atoms with E-state index in [1.807, 2.05) is 0 Å². The number of carbonyl (C=O) groups is 6. The van der Waals surface area contributed by atoms with Gasteiger partial charge in [-0.05, 0) is 37.0 Å². The number of amides is 5. The van der Waals surface area contributed by atoms with Gasteiger partial charge < -0.3 is 31.3 Å². The van der Waals surface area contributed by atoms with Crippen molar-refractivity contribution in [3.8, 4) is 0 Å². The normalized spacial score (nSPS) is 23.5. The second-order valence-corrected chi connectivity index (χ2v) is 13.9. The third-order valence-corrected chi connectivity index (χ3v) is 9.41. The van der Waals surface area contributed by atoms with E-state index in [4.69, 9.17) is 33.7 Å². The lowest BCUT2D eigenvalue weighted by Crippen LogP contribution is -2.63. The Labute approximate surface area is 256 Å². The number of esters is 1.